The third-order valence-corrected chi connectivity index (χ3v) is 3.38. The van der Waals surface area contributed by atoms with Crippen LogP contribution in [0.2, 0.25) is 0 Å². The summed E-state index contributed by atoms with van der Waals surface area (Å²) in [6, 6.07) is 11.3. The fourth-order valence-corrected chi connectivity index (χ4v) is 2.22. The highest BCUT2D eigenvalue weighted by Gasteiger charge is 2.14. The average molecular weight is 219 g/mol. The molecule has 0 heterocycles. The van der Waals surface area contributed by atoms with Gasteiger partial charge in [0, 0.05) is 6.04 Å². The van der Waals surface area contributed by atoms with E-state index in [2.05, 4.69) is 56.4 Å². The molecule has 0 aromatic heterocycles. The largest absolute Gasteiger partial charge is 0.310 e. The fourth-order valence-electron chi connectivity index (χ4n) is 2.22. The Kier molecular flexibility index (Phi) is 6.17. The third-order valence-electron chi connectivity index (χ3n) is 3.38. The van der Waals surface area contributed by atoms with Gasteiger partial charge in [0.05, 0.1) is 0 Å². The van der Waals surface area contributed by atoms with E-state index in [1.807, 2.05) is 0 Å². The molecule has 1 unspecified atom stereocenters. The molecule has 16 heavy (non-hydrogen) atoms. The molecule has 1 atom stereocenters. The molecule has 0 saturated heterocycles. The van der Waals surface area contributed by atoms with Gasteiger partial charge in [-0.25, -0.2) is 0 Å². The Hall–Kier alpha value is -0.820. The molecular formula is C15H25N. The van der Waals surface area contributed by atoms with Crippen LogP contribution >= 0.6 is 0 Å². The zero-order chi connectivity index (χ0) is 11.8. The predicted molar refractivity (Wildman–Crippen MR) is 71.5 cm³/mol. The highest BCUT2D eigenvalue weighted by Crippen LogP contribution is 2.24. The maximum Gasteiger partial charge on any atom is 0.0322 e. The number of nitrogens with one attached hydrogen (secondary N) is 1. The molecule has 1 rings (SSSR count). The topological polar surface area (TPSA) is 12.0 Å². The average Bonchev–Trinajstić information content (AvgIpc) is 2.35. The van der Waals surface area contributed by atoms with Crippen molar-refractivity contribution >= 4 is 0 Å². The highest BCUT2D eigenvalue weighted by atomic mass is 14.9. The first-order valence-corrected chi connectivity index (χ1v) is 6.60. The van der Waals surface area contributed by atoms with E-state index >= 15 is 0 Å². The van der Waals surface area contributed by atoms with Gasteiger partial charge in [0.1, 0.15) is 0 Å². The lowest BCUT2D eigenvalue weighted by molar-refractivity contribution is 0.375. The number of hydrogen-bond acceptors (Lipinski definition) is 1. The Bertz CT molecular complexity index is 264. The van der Waals surface area contributed by atoms with Gasteiger partial charge in [0.15, 0.2) is 0 Å². The van der Waals surface area contributed by atoms with Gasteiger partial charge >= 0.3 is 0 Å². The van der Waals surface area contributed by atoms with Crippen molar-refractivity contribution in [2.45, 2.75) is 46.1 Å². The van der Waals surface area contributed by atoms with Crippen LogP contribution in [0.4, 0.5) is 0 Å². The summed E-state index contributed by atoms with van der Waals surface area (Å²) in [5.74, 6) is 0.837. The predicted octanol–water partition coefficient (Wildman–Crippen LogP) is 4.16. The van der Waals surface area contributed by atoms with Gasteiger partial charge in [-0.2, -0.15) is 0 Å². The minimum atomic E-state index is 0.524. The van der Waals surface area contributed by atoms with Gasteiger partial charge in [0.2, 0.25) is 0 Å². The maximum atomic E-state index is 3.60. The molecule has 0 amide bonds. The maximum absolute atomic E-state index is 3.60. The van der Waals surface area contributed by atoms with E-state index in [-0.39, 0.29) is 0 Å². The first-order valence-electron chi connectivity index (χ1n) is 6.60. The minimum absolute atomic E-state index is 0.524. The number of hydrogen-bond donors (Lipinski definition) is 1. The highest BCUT2D eigenvalue weighted by molar-refractivity contribution is 5.18. The van der Waals surface area contributed by atoms with Crippen LogP contribution in [0.15, 0.2) is 30.3 Å². The van der Waals surface area contributed by atoms with Gasteiger partial charge in [-0.05, 0) is 24.4 Å². The van der Waals surface area contributed by atoms with Crippen LogP contribution in [-0.4, -0.2) is 6.54 Å². The quantitative estimate of drug-likeness (QED) is 0.726. The number of benzene rings is 1. The molecule has 1 aromatic carbocycles. The molecule has 0 radical (unpaired) electrons. The van der Waals surface area contributed by atoms with Gasteiger partial charge in [-0.3, -0.25) is 0 Å². The van der Waals surface area contributed by atoms with Gasteiger partial charge in [-0.1, -0.05) is 63.9 Å². The Labute approximate surface area is 100 Å². The number of rotatable bonds is 7. The van der Waals surface area contributed by atoms with E-state index in [1.54, 1.807) is 0 Å². The van der Waals surface area contributed by atoms with Crippen molar-refractivity contribution < 1.29 is 0 Å². The molecule has 0 saturated carbocycles. The summed E-state index contributed by atoms with van der Waals surface area (Å²) >= 11 is 0. The van der Waals surface area contributed by atoms with Crippen molar-refractivity contribution in [1.29, 1.82) is 0 Å². The zero-order valence-electron chi connectivity index (χ0n) is 10.9. The Morgan fingerprint density at radius 2 is 1.62 bits per heavy atom. The third kappa shape index (κ3) is 3.97. The van der Waals surface area contributed by atoms with Crippen molar-refractivity contribution in [2.24, 2.45) is 5.92 Å². The van der Waals surface area contributed by atoms with E-state index in [0.29, 0.717) is 6.04 Å². The van der Waals surface area contributed by atoms with Crippen molar-refractivity contribution in [2.75, 3.05) is 6.54 Å². The van der Waals surface area contributed by atoms with Crippen molar-refractivity contribution in [3.8, 4) is 0 Å². The van der Waals surface area contributed by atoms with E-state index in [1.165, 1.54) is 24.8 Å². The summed E-state index contributed by atoms with van der Waals surface area (Å²) in [5.41, 5.74) is 1.43. The summed E-state index contributed by atoms with van der Waals surface area (Å²) in [6.07, 6.45) is 3.82. The van der Waals surface area contributed by atoms with Crippen LogP contribution in [0, 0.1) is 5.92 Å². The molecule has 1 heteroatoms. The molecule has 1 aromatic rings. The second-order valence-electron chi connectivity index (χ2n) is 4.44. The normalized spacial score (nSPS) is 13.0. The first kappa shape index (κ1) is 13.2. The van der Waals surface area contributed by atoms with E-state index in [9.17, 15) is 0 Å². The van der Waals surface area contributed by atoms with Crippen LogP contribution < -0.4 is 5.32 Å². The monoisotopic (exact) mass is 219 g/mol. The summed E-state index contributed by atoms with van der Waals surface area (Å²) < 4.78 is 0. The Morgan fingerprint density at radius 3 is 2.12 bits per heavy atom. The molecule has 0 bridgehead atoms. The van der Waals surface area contributed by atoms with Gasteiger partial charge < -0.3 is 5.32 Å². The smallest absolute Gasteiger partial charge is 0.0322 e. The summed E-state index contributed by atoms with van der Waals surface area (Å²) in [5, 5.41) is 3.60. The van der Waals surface area contributed by atoms with Crippen LogP contribution in [0.5, 0.6) is 0 Å². The van der Waals surface area contributed by atoms with Crippen LogP contribution in [0.25, 0.3) is 0 Å². The second-order valence-corrected chi connectivity index (χ2v) is 4.44. The molecule has 0 aliphatic heterocycles. The van der Waals surface area contributed by atoms with Gasteiger partial charge in [0.25, 0.3) is 0 Å². The van der Waals surface area contributed by atoms with Crippen LogP contribution in [0.3, 0.4) is 0 Å². The van der Waals surface area contributed by atoms with E-state index in [0.717, 1.165) is 12.5 Å². The summed E-state index contributed by atoms with van der Waals surface area (Å²) in [6.45, 7) is 7.81. The summed E-state index contributed by atoms with van der Waals surface area (Å²) in [7, 11) is 0. The molecule has 1 N–H and O–H groups in total. The second kappa shape index (κ2) is 7.45. The van der Waals surface area contributed by atoms with E-state index in [4.69, 9.17) is 0 Å². The lowest BCUT2D eigenvalue weighted by Gasteiger charge is -2.23. The Balaban J connectivity index is 2.67. The molecular weight excluding hydrogens is 194 g/mol. The standard InChI is InChI=1S/C15H25N/c1-4-13(5-2)12-15(16-6-3)14-10-8-7-9-11-14/h7-11,13,15-16H,4-6,12H2,1-3H3. The van der Waals surface area contributed by atoms with Crippen molar-refractivity contribution in [3.05, 3.63) is 35.9 Å². The Morgan fingerprint density at radius 1 is 1.00 bits per heavy atom. The minimum Gasteiger partial charge on any atom is -0.310 e. The zero-order valence-corrected chi connectivity index (χ0v) is 10.9. The van der Waals surface area contributed by atoms with Crippen molar-refractivity contribution in [1.82, 2.24) is 5.32 Å². The molecule has 0 fully saturated rings. The molecule has 0 aliphatic rings. The molecule has 1 nitrogen and oxygen atoms in total. The van der Waals surface area contributed by atoms with Crippen LogP contribution in [-0.2, 0) is 0 Å². The van der Waals surface area contributed by atoms with Gasteiger partial charge in [-0.15, -0.1) is 0 Å². The summed E-state index contributed by atoms with van der Waals surface area (Å²) in [4.78, 5) is 0. The fraction of sp³-hybridized carbons (Fsp3) is 0.600. The van der Waals surface area contributed by atoms with Crippen LogP contribution in [0.1, 0.15) is 51.6 Å². The lowest BCUT2D eigenvalue weighted by atomic mass is 9.91. The van der Waals surface area contributed by atoms with E-state index < -0.39 is 0 Å². The van der Waals surface area contributed by atoms with Crippen molar-refractivity contribution in [3.63, 3.8) is 0 Å². The first-order chi connectivity index (χ1) is 7.81. The molecule has 90 valence electrons. The SMILES string of the molecule is CCNC(CC(CC)CC)c1ccccc1. The molecule has 0 aliphatic carbocycles. The lowest BCUT2D eigenvalue weighted by Crippen LogP contribution is -2.23. The molecule has 0 spiro atoms.